The van der Waals surface area contributed by atoms with Gasteiger partial charge in [0.05, 0.1) is 10.0 Å². The second kappa shape index (κ2) is 11.1. The Bertz CT molecular complexity index is 778. The fraction of sp³-hybridized carbons (Fsp3) is 0.545. The lowest BCUT2D eigenvalue weighted by atomic mass is 10.1. The number of likely N-dealkylation sites (tertiary alicyclic amines) is 1. The largest absolute Gasteiger partial charge is 0.340 e. The van der Waals surface area contributed by atoms with Crippen molar-refractivity contribution in [3.63, 3.8) is 0 Å². The molecule has 0 spiro atoms. The maximum atomic E-state index is 12.6. The van der Waals surface area contributed by atoms with Gasteiger partial charge in [-0.15, -0.1) is 0 Å². The van der Waals surface area contributed by atoms with E-state index < -0.39 is 0 Å². The zero-order valence-corrected chi connectivity index (χ0v) is 19.0. The van der Waals surface area contributed by atoms with E-state index in [-0.39, 0.29) is 11.8 Å². The number of amides is 2. The van der Waals surface area contributed by atoms with Crippen molar-refractivity contribution in [3.05, 3.63) is 39.9 Å². The first kappa shape index (κ1) is 23.1. The van der Waals surface area contributed by atoms with Crippen molar-refractivity contribution in [2.24, 2.45) is 0 Å². The molecule has 0 atom stereocenters. The number of piperidine rings is 1. The van der Waals surface area contributed by atoms with Crippen LogP contribution in [0.25, 0.3) is 6.08 Å². The molecular formula is C22H30Cl2N4O2. The van der Waals surface area contributed by atoms with E-state index in [1.54, 1.807) is 23.1 Å². The standard InChI is InChI=1S/C22H30Cl2N4O2/c1-26-10-6-18(7-11-26)25-9-13-28-15-14-27(12-8-22(28)30)21(29)5-3-17-2-4-19(23)20(24)16-17/h2-5,16,18,25H,6-15H2,1H3. The molecule has 1 aromatic rings. The SMILES string of the molecule is CN1CCC(NCCN2CCN(C(=O)C=Cc3ccc(Cl)c(Cl)c3)CCC2=O)CC1. The third-order valence-corrected chi connectivity index (χ3v) is 6.53. The van der Waals surface area contributed by atoms with Gasteiger partial charge in [-0.25, -0.2) is 0 Å². The fourth-order valence-electron chi connectivity index (χ4n) is 3.83. The van der Waals surface area contributed by atoms with Crippen molar-refractivity contribution in [2.45, 2.75) is 25.3 Å². The summed E-state index contributed by atoms with van der Waals surface area (Å²) < 4.78 is 0. The smallest absolute Gasteiger partial charge is 0.246 e. The summed E-state index contributed by atoms with van der Waals surface area (Å²) in [5, 5.41) is 4.52. The number of benzene rings is 1. The fourth-order valence-corrected chi connectivity index (χ4v) is 4.14. The van der Waals surface area contributed by atoms with Gasteiger partial charge in [-0.2, -0.15) is 0 Å². The van der Waals surface area contributed by atoms with Gasteiger partial charge in [-0.3, -0.25) is 9.59 Å². The van der Waals surface area contributed by atoms with Gasteiger partial charge in [-0.05, 0) is 56.8 Å². The molecule has 1 N–H and O–H groups in total. The van der Waals surface area contributed by atoms with Crippen molar-refractivity contribution >= 4 is 41.1 Å². The molecule has 164 valence electrons. The van der Waals surface area contributed by atoms with Crippen LogP contribution in [0.3, 0.4) is 0 Å². The Morgan fingerprint density at radius 2 is 1.90 bits per heavy atom. The predicted molar refractivity (Wildman–Crippen MR) is 122 cm³/mol. The summed E-state index contributed by atoms with van der Waals surface area (Å²) in [7, 11) is 2.15. The lowest BCUT2D eigenvalue weighted by Crippen LogP contribution is -2.44. The molecule has 0 unspecified atom stereocenters. The number of hydrogen-bond acceptors (Lipinski definition) is 4. The summed E-state index contributed by atoms with van der Waals surface area (Å²) in [6.45, 7) is 5.28. The van der Waals surface area contributed by atoms with Gasteiger partial charge in [0, 0.05) is 51.3 Å². The highest BCUT2D eigenvalue weighted by Gasteiger charge is 2.23. The Balaban J connectivity index is 1.45. The maximum absolute atomic E-state index is 12.6. The van der Waals surface area contributed by atoms with Crippen LogP contribution in [0, 0.1) is 0 Å². The van der Waals surface area contributed by atoms with E-state index in [2.05, 4.69) is 17.3 Å². The lowest BCUT2D eigenvalue weighted by Gasteiger charge is -2.30. The molecule has 2 saturated heterocycles. The summed E-state index contributed by atoms with van der Waals surface area (Å²) in [5.74, 6) is 0.0177. The normalized spacial score (nSPS) is 19.5. The molecule has 2 aliphatic rings. The van der Waals surface area contributed by atoms with E-state index in [1.165, 1.54) is 6.08 Å². The molecule has 30 heavy (non-hydrogen) atoms. The maximum Gasteiger partial charge on any atom is 0.246 e. The predicted octanol–water partition coefficient (Wildman–Crippen LogP) is 2.75. The van der Waals surface area contributed by atoms with Crippen LogP contribution in [0.5, 0.6) is 0 Å². The molecule has 3 rings (SSSR count). The van der Waals surface area contributed by atoms with Crippen LogP contribution in [0.15, 0.2) is 24.3 Å². The molecular weight excluding hydrogens is 423 g/mol. The highest BCUT2D eigenvalue weighted by molar-refractivity contribution is 6.42. The van der Waals surface area contributed by atoms with Crippen LogP contribution in [0.2, 0.25) is 10.0 Å². The highest BCUT2D eigenvalue weighted by Crippen LogP contribution is 2.23. The first-order valence-electron chi connectivity index (χ1n) is 10.5. The molecule has 1 aromatic carbocycles. The van der Waals surface area contributed by atoms with Gasteiger partial charge in [0.15, 0.2) is 0 Å². The van der Waals surface area contributed by atoms with Gasteiger partial charge in [0.25, 0.3) is 0 Å². The molecule has 0 bridgehead atoms. The summed E-state index contributed by atoms with van der Waals surface area (Å²) in [4.78, 5) is 31.0. The summed E-state index contributed by atoms with van der Waals surface area (Å²) in [6, 6.07) is 5.77. The lowest BCUT2D eigenvalue weighted by molar-refractivity contribution is -0.130. The second-order valence-corrected chi connectivity index (χ2v) is 8.81. The summed E-state index contributed by atoms with van der Waals surface area (Å²) >= 11 is 11.9. The molecule has 2 fully saturated rings. The van der Waals surface area contributed by atoms with Gasteiger partial charge in [0.1, 0.15) is 0 Å². The van der Waals surface area contributed by atoms with E-state index in [4.69, 9.17) is 23.2 Å². The van der Waals surface area contributed by atoms with E-state index in [9.17, 15) is 9.59 Å². The summed E-state index contributed by atoms with van der Waals surface area (Å²) in [6.07, 6.45) is 5.91. The van der Waals surface area contributed by atoms with Crippen LogP contribution < -0.4 is 5.32 Å². The Labute approximate surface area is 188 Å². The number of carbonyl (C=O) groups excluding carboxylic acids is 2. The number of halogens is 2. The van der Waals surface area contributed by atoms with Crippen molar-refractivity contribution in [3.8, 4) is 0 Å². The molecule has 2 amide bonds. The van der Waals surface area contributed by atoms with E-state index in [0.29, 0.717) is 48.7 Å². The van der Waals surface area contributed by atoms with Crippen molar-refractivity contribution < 1.29 is 9.59 Å². The Kier molecular flexibility index (Phi) is 8.57. The minimum atomic E-state index is -0.0971. The van der Waals surface area contributed by atoms with Crippen LogP contribution >= 0.6 is 23.2 Å². The van der Waals surface area contributed by atoms with E-state index in [0.717, 1.165) is 38.0 Å². The van der Waals surface area contributed by atoms with E-state index >= 15 is 0 Å². The zero-order valence-electron chi connectivity index (χ0n) is 17.4. The summed E-state index contributed by atoms with van der Waals surface area (Å²) in [5.41, 5.74) is 0.810. The Morgan fingerprint density at radius 1 is 1.13 bits per heavy atom. The van der Waals surface area contributed by atoms with Gasteiger partial charge in [0.2, 0.25) is 11.8 Å². The first-order chi connectivity index (χ1) is 14.4. The van der Waals surface area contributed by atoms with Crippen LogP contribution in [0.4, 0.5) is 0 Å². The second-order valence-electron chi connectivity index (χ2n) is 7.99. The average molecular weight is 453 g/mol. The molecule has 2 heterocycles. The molecule has 8 heteroatoms. The third kappa shape index (κ3) is 6.71. The topological polar surface area (TPSA) is 55.9 Å². The Morgan fingerprint density at radius 3 is 2.63 bits per heavy atom. The van der Waals surface area contributed by atoms with E-state index in [1.807, 2.05) is 11.0 Å². The number of carbonyl (C=O) groups is 2. The van der Waals surface area contributed by atoms with Crippen LogP contribution in [-0.4, -0.2) is 85.4 Å². The third-order valence-electron chi connectivity index (χ3n) is 5.80. The van der Waals surface area contributed by atoms with Gasteiger partial charge < -0.3 is 20.0 Å². The van der Waals surface area contributed by atoms with Crippen LogP contribution in [-0.2, 0) is 9.59 Å². The number of rotatable bonds is 6. The van der Waals surface area contributed by atoms with Crippen molar-refractivity contribution in [1.82, 2.24) is 20.0 Å². The first-order valence-corrected chi connectivity index (χ1v) is 11.3. The minimum absolute atomic E-state index is 0.0971. The minimum Gasteiger partial charge on any atom is -0.340 e. The van der Waals surface area contributed by atoms with Crippen molar-refractivity contribution in [1.29, 1.82) is 0 Å². The Hall–Kier alpha value is -1.60. The molecule has 0 aromatic heterocycles. The number of nitrogens with zero attached hydrogens (tertiary/aromatic N) is 3. The van der Waals surface area contributed by atoms with Gasteiger partial charge >= 0.3 is 0 Å². The van der Waals surface area contributed by atoms with Gasteiger partial charge in [-0.1, -0.05) is 29.3 Å². The average Bonchev–Trinajstić information content (AvgIpc) is 2.92. The molecule has 0 aliphatic carbocycles. The van der Waals surface area contributed by atoms with Crippen LogP contribution in [0.1, 0.15) is 24.8 Å². The molecule has 2 aliphatic heterocycles. The molecule has 6 nitrogen and oxygen atoms in total. The zero-order chi connectivity index (χ0) is 21.5. The number of hydrogen-bond donors (Lipinski definition) is 1. The quantitative estimate of drug-likeness (QED) is 0.674. The number of nitrogens with one attached hydrogen (secondary N) is 1. The molecule has 0 radical (unpaired) electrons. The highest BCUT2D eigenvalue weighted by atomic mass is 35.5. The molecule has 0 saturated carbocycles. The van der Waals surface area contributed by atoms with Crippen molar-refractivity contribution in [2.75, 3.05) is 52.9 Å². The monoisotopic (exact) mass is 452 g/mol.